The fourth-order valence-electron chi connectivity index (χ4n) is 2.55. The van der Waals surface area contributed by atoms with E-state index in [4.69, 9.17) is 4.74 Å². The quantitative estimate of drug-likeness (QED) is 0.886. The number of hydrogen-bond donors (Lipinski definition) is 1. The highest BCUT2D eigenvalue weighted by atomic mass is 16.5. The molecular weight excluding hydrogens is 226 g/mol. The largest absolute Gasteiger partial charge is 0.379 e. The highest BCUT2D eigenvalue weighted by Crippen LogP contribution is 2.33. The zero-order chi connectivity index (χ0) is 12.6. The van der Waals surface area contributed by atoms with E-state index in [-0.39, 0.29) is 5.41 Å². The van der Waals surface area contributed by atoms with Crippen LogP contribution >= 0.6 is 0 Å². The number of imidazole rings is 1. The van der Waals surface area contributed by atoms with Gasteiger partial charge in [-0.2, -0.15) is 0 Å². The molecule has 1 aliphatic rings. The van der Waals surface area contributed by atoms with Crippen molar-refractivity contribution in [1.29, 1.82) is 0 Å². The van der Waals surface area contributed by atoms with Gasteiger partial charge in [0.05, 0.1) is 36.0 Å². The van der Waals surface area contributed by atoms with E-state index in [0.29, 0.717) is 0 Å². The van der Waals surface area contributed by atoms with E-state index in [1.54, 1.807) is 0 Å². The van der Waals surface area contributed by atoms with Crippen molar-refractivity contribution in [2.45, 2.75) is 12.3 Å². The van der Waals surface area contributed by atoms with Crippen LogP contribution in [-0.2, 0) is 17.2 Å². The lowest BCUT2D eigenvalue weighted by Gasteiger charge is -2.42. The summed E-state index contributed by atoms with van der Waals surface area (Å²) in [6.07, 6.45) is 1.86. The molecule has 2 aromatic rings. The maximum absolute atomic E-state index is 5.44. The predicted molar refractivity (Wildman–Crippen MR) is 71.8 cm³/mol. The van der Waals surface area contributed by atoms with Crippen molar-refractivity contribution in [2.75, 3.05) is 26.3 Å². The number of benzene rings is 1. The van der Waals surface area contributed by atoms with Gasteiger partial charge in [0.1, 0.15) is 0 Å². The lowest BCUT2D eigenvalue weighted by molar-refractivity contribution is -0.0587. The van der Waals surface area contributed by atoms with E-state index in [0.717, 1.165) is 31.8 Å². The van der Waals surface area contributed by atoms with E-state index >= 15 is 0 Å². The maximum Gasteiger partial charge on any atom is 0.0955 e. The van der Waals surface area contributed by atoms with E-state index in [1.165, 1.54) is 11.1 Å². The smallest absolute Gasteiger partial charge is 0.0955 e. The molecule has 4 nitrogen and oxygen atoms in total. The molecule has 1 aliphatic heterocycles. The summed E-state index contributed by atoms with van der Waals surface area (Å²) in [5.41, 5.74) is 3.72. The first-order valence-corrected chi connectivity index (χ1v) is 6.45. The Bertz CT molecular complexity index is 557. The first kappa shape index (κ1) is 11.7. The molecule has 1 aromatic carbocycles. The molecule has 0 spiro atoms. The van der Waals surface area contributed by atoms with E-state index in [2.05, 4.69) is 35.4 Å². The third-order valence-electron chi connectivity index (χ3n) is 3.81. The van der Waals surface area contributed by atoms with E-state index < -0.39 is 0 Å². The molecule has 0 atom stereocenters. The fraction of sp³-hybridized carbons (Fsp3) is 0.500. The van der Waals surface area contributed by atoms with Gasteiger partial charge in [-0.1, -0.05) is 13.0 Å². The van der Waals surface area contributed by atoms with Crippen LogP contribution in [0, 0.1) is 0 Å². The summed E-state index contributed by atoms with van der Waals surface area (Å²) in [6, 6.07) is 6.57. The number of nitrogens with zero attached hydrogens (tertiary/aromatic N) is 2. The monoisotopic (exact) mass is 245 g/mol. The third kappa shape index (κ3) is 1.72. The van der Waals surface area contributed by atoms with Crippen molar-refractivity contribution >= 4 is 11.0 Å². The molecule has 0 saturated carbocycles. The zero-order valence-electron chi connectivity index (χ0n) is 10.9. The van der Waals surface area contributed by atoms with Gasteiger partial charge in [-0.05, 0) is 24.2 Å². The highest BCUT2D eigenvalue weighted by molar-refractivity contribution is 5.76. The topological polar surface area (TPSA) is 39.1 Å². The summed E-state index contributed by atoms with van der Waals surface area (Å²) in [5, 5.41) is 3.44. The van der Waals surface area contributed by atoms with Gasteiger partial charge in [-0.15, -0.1) is 0 Å². The summed E-state index contributed by atoms with van der Waals surface area (Å²) < 4.78 is 7.49. The van der Waals surface area contributed by atoms with Crippen LogP contribution in [0.15, 0.2) is 24.5 Å². The van der Waals surface area contributed by atoms with Crippen molar-refractivity contribution in [3.8, 4) is 0 Å². The number of fused-ring (bicyclic) bond motifs is 1. The van der Waals surface area contributed by atoms with Gasteiger partial charge in [-0.3, -0.25) is 0 Å². The number of aromatic nitrogens is 2. The van der Waals surface area contributed by atoms with Crippen LogP contribution in [0.4, 0.5) is 0 Å². The molecule has 1 fully saturated rings. The Morgan fingerprint density at radius 2 is 2.28 bits per heavy atom. The standard InChI is InChI=1S/C14H19N3O/c1-3-15-7-14(8-18-9-14)11-4-5-13-12(6-11)16-10-17(13)2/h4-6,10,15H,3,7-9H2,1-2H3. The number of likely N-dealkylation sites (N-methyl/N-ethyl adjacent to an activating group) is 1. The average Bonchev–Trinajstić information content (AvgIpc) is 2.70. The van der Waals surface area contributed by atoms with Gasteiger partial charge in [0, 0.05) is 13.6 Å². The third-order valence-corrected chi connectivity index (χ3v) is 3.81. The van der Waals surface area contributed by atoms with E-state index in [9.17, 15) is 0 Å². The first-order chi connectivity index (χ1) is 8.75. The summed E-state index contributed by atoms with van der Waals surface area (Å²) in [6.45, 7) is 5.71. The molecule has 0 aliphatic carbocycles. The first-order valence-electron chi connectivity index (χ1n) is 6.45. The van der Waals surface area contributed by atoms with Crippen LogP contribution in [0.2, 0.25) is 0 Å². The molecule has 4 heteroatoms. The molecule has 0 radical (unpaired) electrons. The van der Waals surface area contributed by atoms with Crippen molar-refractivity contribution in [3.63, 3.8) is 0 Å². The Labute approximate surface area is 107 Å². The maximum atomic E-state index is 5.44. The van der Waals surface area contributed by atoms with Crippen LogP contribution in [-0.4, -0.2) is 35.9 Å². The van der Waals surface area contributed by atoms with Crippen LogP contribution in [0.3, 0.4) is 0 Å². The summed E-state index contributed by atoms with van der Waals surface area (Å²) in [4.78, 5) is 4.43. The molecule has 18 heavy (non-hydrogen) atoms. The lowest BCUT2D eigenvalue weighted by Crippen LogP contribution is -2.53. The number of aryl methyl sites for hydroxylation is 1. The number of nitrogens with one attached hydrogen (secondary N) is 1. The Kier molecular flexibility index (Phi) is 2.84. The summed E-state index contributed by atoms with van der Waals surface area (Å²) in [5.74, 6) is 0. The SMILES string of the molecule is CCNCC1(c2ccc3c(c2)ncn3C)COC1. The molecule has 0 amide bonds. The number of rotatable bonds is 4. The minimum absolute atomic E-state index is 0.141. The van der Waals surface area contributed by atoms with Crippen molar-refractivity contribution in [1.82, 2.24) is 14.9 Å². The van der Waals surface area contributed by atoms with Crippen LogP contribution in [0.1, 0.15) is 12.5 Å². The van der Waals surface area contributed by atoms with E-state index in [1.807, 2.05) is 17.9 Å². The van der Waals surface area contributed by atoms with Crippen molar-refractivity contribution in [3.05, 3.63) is 30.1 Å². The molecule has 1 N–H and O–H groups in total. The van der Waals surface area contributed by atoms with Gasteiger partial charge >= 0.3 is 0 Å². The Morgan fingerprint density at radius 3 is 2.94 bits per heavy atom. The fourth-order valence-corrected chi connectivity index (χ4v) is 2.55. The normalized spacial score (nSPS) is 17.9. The van der Waals surface area contributed by atoms with Crippen LogP contribution in [0.5, 0.6) is 0 Å². The van der Waals surface area contributed by atoms with Crippen LogP contribution < -0.4 is 5.32 Å². The van der Waals surface area contributed by atoms with Gasteiger partial charge in [0.15, 0.2) is 0 Å². The Morgan fingerprint density at radius 1 is 1.44 bits per heavy atom. The molecule has 2 heterocycles. The van der Waals surface area contributed by atoms with Crippen molar-refractivity contribution < 1.29 is 4.74 Å². The minimum atomic E-state index is 0.141. The molecule has 1 aromatic heterocycles. The Balaban J connectivity index is 1.97. The second-order valence-corrected chi connectivity index (χ2v) is 5.11. The summed E-state index contributed by atoms with van der Waals surface area (Å²) in [7, 11) is 2.02. The molecule has 0 unspecified atom stereocenters. The Hall–Kier alpha value is -1.39. The minimum Gasteiger partial charge on any atom is -0.379 e. The molecule has 0 bridgehead atoms. The summed E-state index contributed by atoms with van der Waals surface area (Å²) >= 11 is 0. The van der Waals surface area contributed by atoms with Gasteiger partial charge in [0.25, 0.3) is 0 Å². The second kappa shape index (κ2) is 4.37. The van der Waals surface area contributed by atoms with Gasteiger partial charge in [0.2, 0.25) is 0 Å². The zero-order valence-corrected chi connectivity index (χ0v) is 10.9. The van der Waals surface area contributed by atoms with Crippen LogP contribution in [0.25, 0.3) is 11.0 Å². The molecule has 96 valence electrons. The number of ether oxygens (including phenoxy) is 1. The lowest BCUT2D eigenvalue weighted by atomic mass is 9.78. The predicted octanol–water partition coefficient (Wildman–Crippen LogP) is 1.45. The molecule has 1 saturated heterocycles. The average molecular weight is 245 g/mol. The highest BCUT2D eigenvalue weighted by Gasteiger charge is 2.40. The molecule has 3 rings (SSSR count). The van der Waals surface area contributed by atoms with Crippen molar-refractivity contribution in [2.24, 2.45) is 7.05 Å². The second-order valence-electron chi connectivity index (χ2n) is 5.11. The van der Waals surface area contributed by atoms with Gasteiger partial charge in [-0.25, -0.2) is 4.98 Å². The molecular formula is C14H19N3O. The number of hydrogen-bond acceptors (Lipinski definition) is 3. The van der Waals surface area contributed by atoms with Gasteiger partial charge < -0.3 is 14.6 Å².